The van der Waals surface area contributed by atoms with Gasteiger partial charge >= 0.3 is 11.9 Å². The van der Waals surface area contributed by atoms with E-state index in [9.17, 15) is 14.7 Å². The van der Waals surface area contributed by atoms with Crippen molar-refractivity contribution in [2.24, 2.45) is 11.8 Å². The van der Waals surface area contributed by atoms with E-state index in [-0.39, 0.29) is 17.8 Å². The average molecular weight is 380 g/mol. The van der Waals surface area contributed by atoms with E-state index >= 15 is 0 Å². The van der Waals surface area contributed by atoms with E-state index in [0.717, 1.165) is 36.8 Å². The zero-order valence-electron chi connectivity index (χ0n) is 16.3. The van der Waals surface area contributed by atoms with E-state index in [1.165, 1.54) is 0 Å². The van der Waals surface area contributed by atoms with E-state index in [2.05, 4.69) is 6.92 Å². The molecule has 148 valence electrons. The number of hydrogen-bond donors (Lipinski definition) is 1. The van der Waals surface area contributed by atoms with Crippen LogP contribution in [-0.2, 0) is 14.3 Å². The van der Waals surface area contributed by atoms with E-state index < -0.39 is 17.8 Å². The molecule has 0 amide bonds. The van der Waals surface area contributed by atoms with Gasteiger partial charge in [0, 0.05) is 11.8 Å². The van der Waals surface area contributed by atoms with Gasteiger partial charge in [-0.15, -0.1) is 0 Å². The van der Waals surface area contributed by atoms with Crippen LogP contribution < -0.4 is 0 Å². The predicted octanol–water partition coefficient (Wildman–Crippen LogP) is 5.01. The number of aliphatic carboxylic acids is 1. The summed E-state index contributed by atoms with van der Waals surface area (Å²) >= 11 is 0. The first-order valence-corrected chi connectivity index (χ1v) is 10.1. The molecule has 2 unspecified atom stereocenters. The number of carboxylic acid groups (broad SMARTS) is 1. The highest BCUT2D eigenvalue weighted by molar-refractivity contribution is 5.84. The van der Waals surface area contributed by atoms with E-state index in [4.69, 9.17) is 4.74 Å². The maximum absolute atomic E-state index is 13.0. The summed E-state index contributed by atoms with van der Waals surface area (Å²) in [6.07, 6.45) is 4.14. The van der Waals surface area contributed by atoms with Crippen LogP contribution in [0.1, 0.15) is 55.6 Å². The van der Waals surface area contributed by atoms with Gasteiger partial charge in [0.1, 0.15) is 0 Å². The summed E-state index contributed by atoms with van der Waals surface area (Å²) in [4.78, 5) is 25.1. The molecule has 2 aromatic carbocycles. The molecule has 1 N–H and O–H groups in total. The molecule has 1 aliphatic rings. The Morgan fingerprint density at radius 2 is 1.36 bits per heavy atom. The van der Waals surface area contributed by atoms with E-state index in [0.29, 0.717) is 6.61 Å². The third-order valence-corrected chi connectivity index (χ3v) is 5.72. The minimum atomic E-state index is -0.866. The molecule has 1 saturated carbocycles. The normalized spacial score (nSPS) is 23.6. The van der Waals surface area contributed by atoms with Gasteiger partial charge < -0.3 is 9.84 Å². The molecule has 4 nitrogen and oxygen atoms in total. The van der Waals surface area contributed by atoms with Gasteiger partial charge in [-0.3, -0.25) is 9.59 Å². The Balaban J connectivity index is 1.84. The van der Waals surface area contributed by atoms with Crippen LogP contribution in [0.5, 0.6) is 0 Å². The minimum absolute atomic E-state index is 0.281. The van der Waals surface area contributed by atoms with Crippen LogP contribution in [-0.4, -0.2) is 23.7 Å². The standard InChI is InChI=1S/C24H28O4/c1-2-3-4-11-16-28-24(27)22-19(17-12-7-5-8-13-17)21(23(25)26)20(22)18-14-9-6-10-15-18/h5-10,12-15,19-22H,2-4,11,16H2,1H3,(H,25,26)/t19-,20+,21?,22?. The van der Waals surface area contributed by atoms with Crippen molar-refractivity contribution in [1.82, 2.24) is 0 Å². The highest BCUT2D eigenvalue weighted by Gasteiger charge is 2.59. The minimum Gasteiger partial charge on any atom is -0.481 e. The molecular weight excluding hydrogens is 352 g/mol. The van der Waals surface area contributed by atoms with Crippen molar-refractivity contribution in [3.8, 4) is 0 Å². The molecule has 4 heteroatoms. The Morgan fingerprint density at radius 3 is 1.82 bits per heavy atom. The highest BCUT2D eigenvalue weighted by atomic mass is 16.5. The van der Waals surface area contributed by atoms with Gasteiger partial charge in [-0.05, 0) is 17.5 Å². The van der Waals surface area contributed by atoms with E-state index in [1.54, 1.807) is 0 Å². The molecule has 0 spiro atoms. The zero-order valence-corrected chi connectivity index (χ0v) is 16.3. The van der Waals surface area contributed by atoms with Crippen LogP contribution in [0.4, 0.5) is 0 Å². The highest BCUT2D eigenvalue weighted by Crippen LogP contribution is 2.58. The van der Waals surface area contributed by atoms with Crippen molar-refractivity contribution in [2.75, 3.05) is 6.61 Å². The molecular formula is C24H28O4. The number of ether oxygens (including phenoxy) is 1. The second kappa shape index (κ2) is 9.54. The Bertz CT molecular complexity index is 724. The zero-order chi connectivity index (χ0) is 19.9. The summed E-state index contributed by atoms with van der Waals surface area (Å²) in [5.41, 5.74) is 1.77. The summed E-state index contributed by atoms with van der Waals surface area (Å²) in [6, 6.07) is 19.0. The Morgan fingerprint density at radius 1 is 0.821 bits per heavy atom. The summed E-state index contributed by atoms with van der Waals surface area (Å²) < 4.78 is 5.59. The lowest BCUT2D eigenvalue weighted by Gasteiger charge is -2.49. The molecule has 0 heterocycles. The van der Waals surface area contributed by atoms with Gasteiger partial charge in [0.25, 0.3) is 0 Å². The Labute approximate surface area is 166 Å². The van der Waals surface area contributed by atoms with Crippen LogP contribution in [0.25, 0.3) is 0 Å². The number of carbonyl (C=O) groups is 2. The van der Waals surface area contributed by atoms with E-state index in [1.807, 2.05) is 60.7 Å². The van der Waals surface area contributed by atoms with Crippen molar-refractivity contribution < 1.29 is 19.4 Å². The Hall–Kier alpha value is -2.62. The number of benzene rings is 2. The van der Waals surface area contributed by atoms with Crippen LogP contribution in [0.2, 0.25) is 0 Å². The van der Waals surface area contributed by atoms with Crippen LogP contribution >= 0.6 is 0 Å². The summed E-state index contributed by atoms with van der Waals surface area (Å²) in [5, 5.41) is 9.92. The number of rotatable bonds is 9. The fourth-order valence-corrected chi connectivity index (χ4v) is 4.33. The van der Waals surface area contributed by atoms with Gasteiger partial charge in [-0.25, -0.2) is 0 Å². The maximum atomic E-state index is 13.0. The lowest BCUT2D eigenvalue weighted by atomic mass is 9.52. The fraction of sp³-hybridized carbons (Fsp3) is 0.417. The average Bonchev–Trinajstić information content (AvgIpc) is 2.68. The van der Waals surface area contributed by atoms with Crippen molar-refractivity contribution >= 4 is 11.9 Å². The molecule has 1 aliphatic carbocycles. The lowest BCUT2D eigenvalue weighted by molar-refractivity contribution is -0.164. The second-order valence-corrected chi connectivity index (χ2v) is 7.49. The largest absolute Gasteiger partial charge is 0.481 e. The number of hydrogen-bond acceptors (Lipinski definition) is 3. The molecule has 0 radical (unpaired) electrons. The van der Waals surface area contributed by atoms with Crippen LogP contribution in [0.3, 0.4) is 0 Å². The van der Waals surface area contributed by atoms with Gasteiger partial charge in [0.05, 0.1) is 18.4 Å². The molecule has 28 heavy (non-hydrogen) atoms. The monoisotopic (exact) mass is 380 g/mol. The van der Waals surface area contributed by atoms with Crippen LogP contribution in [0, 0.1) is 11.8 Å². The number of carboxylic acids is 1. The first kappa shape index (κ1) is 20.1. The Kier molecular flexibility index (Phi) is 6.85. The van der Waals surface area contributed by atoms with Crippen molar-refractivity contribution in [3.63, 3.8) is 0 Å². The first-order valence-electron chi connectivity index (χ1n) is 10.1. The number of carbonyl (C=O) groups excluding carboxylic acids is 1. The van der Waals surface area contributed by atoms with Crippen molar-refractivity contribution in [3.05, 3.63) is 71.8 Å². The van der Waals surface area contributed by atoms with Gasteiger partial charge in [0.2, 0.25) is 0 Å². The molecule has 0 aromatic heterocycles. The third-order valence-electron chi connectivity index (χ3n) is 5.72. The van der Waals surface area contributed by atoms with Gasteiger partial charge in [-0.1, -0.05) is 86.8 Å². The predicted molar refractivity (Wildman–Crippen MR) is 108 cm³/mol. The SMILES string of the molecule is CCCCCCOC(=O)C1[C@H](c2ccccc2)C(C(=O)O)[C@@H]1c1ccccc1. The van der Waals surface area contributed by atoms with Gasteiger partial charge in [0.15, 0.2) is 0 Å². The quantitative estimate of drug-likeness (QED) is 0.491. The van der Waals surface area contributed by atoms with Crippen molar-refractivity contribution in [2.45, 2.75) is 44.4 Å². The molecule has 1 fully saturated rings. The second-order valence-electron chi connectivity index (χ2n) is 7.49. The van der Waals surface area contributed by atoms with Gasteiger partial charge in [-0.2, -0.15) is 0 Å². The smallest absolute Gasteiger partial charge is 0.310 e. The fourth-order valence-electron chi connectivity index (χ4n) is 4.33. The summed E-state index contributed by atoms with van der Waals surface area (Å²) in [5.74, 6) is -3.00. The van der Waals surface area contributed by atoms with Crippen molar-refractivity contribution in [1.29, 1.82) is 0 Å². The topological polar surface area (TPSA) is 63.6 Å². The lowest BCUT2D eigenvalue weighted by Crippen LogP contribution is -2.51. The number of unbranched alkanes of at least 4 members (excludes halogenated alkanes) is 3. The number of esters is 1. The molecule has 0 bridgehead atoms. The summed E-state index contributed by atoms with van der Waals surface area (Å²) in [6.45, 7) is 2.54. The molecule has 0 saturated heterocycles. The van der Waals surface area contributed by atoms with Crippen LogP contribution in [0.15, 0.2) is 60.7 Å². The maximum Gasteiger partial charge on any atom is 0.310 e. The molecule has 3 rings (SSSR count). The first-order chi connectivity index (χ1) is 13.6. The summed E-state index contributed by atoms with van der Waals surface area (Å²) in [7, 11) is 0. The molecule has 4 atom stereocenters. The third kappa shape index (κ3) is 4.27. The molecule has 2 aromatic rings. The molecule has 0 aliphatic heterocycles.